The Kier molecular flexibility index (Phi) is 6.38. The van der Waals surface area contributed by atoms with Gasteiger partial charge < -0.3 is 10.2 Å². The topological polar surface area (TPSA) is 58.9 Å². The first kappa shape index (κ1) is 20.8. The first-order valence-corrected chi connectivity index (χ1v) is 10.5. The van der Waals surface area contributed by atoms with Crippen LogP contribution in [-0.4, -0.2) is 51.1 Å². The number of hydrogen-bond donors (Lipinski definition) is 1. The maximum absolute atomic E-state index is 4.38. The van der Waals surface area contributed by atoms with Gasteiger partial charge in [0.1, 0.15) is 5.82 Å². The molecule has 2 aromatic heterocycles. The Morgan fingerprint density at radius 3 is 2.43 bits per heavy atom. The van der Waals surface area contributed by atoms with Crippen molar-refractivity contribution in [2.24, 2.45) is 24.3 Å². The molecule has 1 fully saturated rings. The highest BCUT2D eigenvalue weighted by atomic mass is 15.3. The van der Waals surface area contributed by atoms with E-state index in [4.69, 9.17) is 0 Å². The van der Waals surface area contributed by atoms with Crippen molar-refractivity contribution in [3.63, 3.8) is 0 Å². The second-order valence-corrected chi connectivity index (χ2v) is 9.50. The van der Waals surface area contributed by atoms with Crippen LogP contribution in [0.3, 0.4) is 0 Å². The normalized spacial score (nSPS) is 17.6. The van der Waals surface area contributed by atoms with Crippen LogP contribution in [-0.2, 0) is 7.05 Å². The van der Waals surface area contributed by atoms with Gasteiger partial charge in [-0.15, -0.1) is 10.2 Å². The van der Waals surface area contributed by atoms with Crippen molar-refractivity contribution in [1.29, 1.82) is 0 Å². The van der Waals surface area contributed by atoms with Gasteiger partial charge in [0.25, 0.3) is 0 Å². The number of piperidine rings is 1. The van der Waals surface area contributed by atoms with Gasteiger partial charge >= 0.3 is 0 Å². The Hall–Kier alpha value is -1.95. The van der Waals surface area contributed by atoms with Crippen molar-refractivity contribution in [3.05, 3.63) is 24.0 Å². The summed E-state index contributed by atoms with van der Waals surface area (Å²) in [4.78, 5) is 2.64. The molecule has 2 aromatic rings. The highest BCUT2D eigenvalue weighted by Crippen LogP contribution is 2.28. The second-order valence-electron chi connectivity index (χ2n) is 9.50. The van der Waals surface area contributed by atoms with Gasteiger partial charge in [0.2, 0.25) is 0 Å². The minimum Gasteiger partial charge on any atom is -0.368 e. The summed E-state index contributed by atoms with van der Waals surface area (Å²) < 4.78 is 1.81. The van der Waals surface area contributed by atoms with Gasteiger partial charge in [0.15, 0.2) is 0 Å². The molecule has 3 rings (SSSR count). The summed E-state index contributed by atoms with van der Waals surface area (Å²) in [5, 5.41) is 16.6. The lowest BCUT2D eigenvalue weighted by Gasteiger charge is -2.37. The zero-order valence-corrected chi connectivity index (χ0v) is 18.4. The van der Waals surface area contributed by atoms with Crippen LogP contribution >= 0.6 is 0 Å². The Morgan fingerprint density at radius 1 is 1.18 bits per heavy atom. The van der Waals surface area contributed by atoms with Crippen molar-refractivity contribution in [3.8, 4) is 11.3 Å². The number of anilines is 1. The number of nitrogens with zero attached hydrogens (tertiary/aromatic N) is 5. The third kappa shape index (κ3) is 5.31. The predicted octanol–water partition coefficient (Wildman–Crippen LogP) is 3.99. The molecule has 0 radical (unpaired) electrons. The maximum atomic E-state index is 4.38. The molecule has 3 heterocycles. The van der Waals surface area contributed by atoms with Crippen LogP contribution in [0.15, 0.2) is 18.3 Å². The minimum atomic E-state index is 0.386. The van der Waals surface area contributed by atoms with Crippen LogP contribution < -0.4 is 5.32 Å². The Balaban J connectivity index is 1.45. The van der Waals surface area contributed by atoms with Crippen molar-refractivity contribution in [2.45, 2.75) is 47.5 Å². The lowest BCUT2D eigenvalue weighted by Crippen LogP contribution is -2.40. The van der Waals surface area contributed by atoms with E-state index in [-0.39, 0.29) is 0 Å². The number of aryl methyl sites for hydroxylation is 2. The fourth-order valence-corrected chi connectivity index (χ4v) is 3.70. The van der Waals surface area contributed by atoms with E-state index >= 15 is 0 Å². The van der Waals surface area contributed by atoms with Crippen molar-refractivity contribution >= 4 is 5.82 Å². The summed E-state index contributed by atoms with van der Waals surface area (Å²) in [7, 11) is 1.93. The molecular formula is C22H36N6. The van der Waals surface area contributed by atoms with Gasteiger partial charge in [-0.2, -0.15) is 5.10 Å². The zero-order chi connectivity index (χ0) is 20.3. The number of aromatic nitrogens is 4. The largest absolute Gasteiger partial charge is 0.368 e. The lowest BCUT2D eigenvalue weighted by atomic mass is 9.81. The minimum absolute atomic E-state index is 0.386. The van der Waals surface area contributed by atoms with Gasteiger partial charge in [0, 0.05) is 31.9 Å². The number of rotatable bonds is 6. The molecule has 0 aromatic carbocycles. The fraction of sp³-hybridized carbons (Fsp3) is 0.682. The van der Waals surface area contributed by atoms with Gasteiger partial charge in [-0.1, -0.05) is 27.7 Å². The van der Waals surface area contributed by atoms with E-state index in [1.165, 1.54) is 32.5 Å². The standard InChI is InChI=1S/C22H36N6/c1-16(22(3,4)5)14-28-11-9-18(10-12-28)13-23-21-8-7-20(24-25-21)19-15-27(6)26-17(19)2/h7-8,15-16,18H,9-14H2,1-6H3,(H,23,25). The van der Waals surface area contributed by atoms with E-state index in [1.54, 1.807) is 0 Å². The summed E-state index contributed by atoms with van der Waals surface area (Å²) in [6.07, 6.45) is 4.50. The number of likely N-dealkylation sites (tertiary alicyclic amines) is 1. The van der Waals surface area contributed by atoms with E-state index in [0.717, 1.165) is 35.2 Å². The fourth-order valence-electron chi connectivity index (χ4n) is 3.70. The molecule has 0 aliphatic carbocycles. The molecule has 1 aliphatic rings. The van der Waals surface area contributed by atoms with Crippen LogP contribution in [0.25, 0.3) is 11.3 Å². The number of hydrogen-bond acceptors (Lipinski definition) is 5. The smallest absolute Gasteiger partial charge is 0.148 e. The highest BCUT2D eigenvalue weighted by Gasteiger charge is 2.25. The zero-order valence-electron chi connectivity index (χ0n) is 18.4. The maximum Gasteiger partial charge on any atom is 0.148 e. The molecule has 1 unspecified atom stereocenters. The first-order valence-electron chi connectivity index (χ1n) is 10.5. The van der Waals surface area contributed by atoms with Crippen molar-refractivity contribution in [1.82, 2.24) is 24.9 Å². The second kappa shape index (κ2) is 8.60. The summed E-state index contributed by atoms with van der Waals surface area (Å²) in [6, 6.07) is 4.05. The van der Waals surface area contributed by atoms with Crippen LogP contribution in [0, 0.1) is 24.2 Å². The van der Waals surface area contributed by atoms with Crippen molar-refractivity contribution in [2.75, 3.05) is 31.5 Å². The van der Waals surface area contributed by atoms with Crippen LogP contribution in [0.5, 0.6) is 0 Å². The molecule has 0 spiro atoms. The van der Waals surface area contributed by atoms with E-state index in [1.807, 2.05) is 37.0 Å². The molecule has 1 aliphatic heterocycles. The lowest BCUT2D eigenvalue weighted by molar-refractivity contribution is 0.125. The Morgan fingerprint density at radius 2 is 1.89 bits per heavy atom. The first-order chi connectivity index (χ1) is 13.2. The van der Waals surface area contributed by atoms with Crippen LogP contribution in [0.2, 0.25) is 0 Å². The van der Waals surface area contributed by atoms with Gasteiger partial charge in [-0.3, -0.25) is 4.68 Å². The van der Waals surface area contributed by atoms with E-state index in [9.17, 15) is 0 Å². The van der Waals surface area contributed by atoms with Gasteiger partial charge in [-0.25, -0.2) is 0 Å². The molecule has 1 saturated heterocycles. The molecule has 6 nitrogen and oxygen atoms in total. The van der Waals surface area contributed by atoms with E-state index in [0.29, 0.717) is 11.3 Å². The molecule has 1 N–H and O–H groups in total. The van der Waals surface area contributed by atoms with Crippen LogP contribution in [0.4, 0.5) is 5.82 Å². The third-order valence-corrected chi connectivity index (χ3v) is 6.24. The summed E-state index contributed by atoms with van der Waals surface area (Å²) >= 11 is 0. The van der Waals surface area contributed by atoms with Gasteiger partial charge in [-0.05, 0) is 62.2 Å². The SMILES string of the molecule is Cc1nn(C)cc1-c1ccc(NCC2CCN(CC(C)C(C)(C)C)CC2)nn1. The molecule has 0 bridgehead atoms. The van der Waals surface area contributed by atoms with Crippen LogP contribution in [0.1, 0.15) is 46.2 Å². The van der Waals surface area contributed by atoms with E-state index < -0.39 is 0 Å². The molecule has 1 atom stereocenters. The molecule has 6 heteroatoms. The molecule has 0 saturated carbocycles. The monoisotopic (exact) mass is 384 g/mol. The molecule has 28 heavy (non-hydrogen) atoms. The Bertz CT molecular complexity index is 750. The predicted molar refractivity (Wildman–Crippen MR) is 115 cm³/mol. The average Bonchev–Trinajstić information content (AvgIpc) is 2.99. The summed E-state index contributed by atoms with van der Waals surface area (Å²) in [5.41, 5.74) is 3.28. The Labute approximate surface area is 169 Å². The number of nitrogens with one attached hydrogen (secondary N) is 1. The summed E-state index contributed by atoms with van der Waals surface area (Å²) in [6.45, 7) is 16.0. The average molecular weight is 385 g/mol. The molecular weight excluding hydrogens is 348 g/mol. The summed E-state index contributed by atoms with van der Waals surface area (Å²) in [5.74, 6) is 2.29. The quantitative estimate of drug-likeness (QED) is 0.816. The third-order valence-electron chi connectivity index (χ3n) is 6.24. The molecule has 154 valence electrons. The molecule has 0 amide bonds. The van der Waals surface area contributed by atoms with Gasteiger partial charge in [0.05, 0.1) is 11.4 Å². The van der Waals surface area contributed by atoms with Crippen molar-refractivity contribution < 1.29 is 0 Å². The highest BCUT2D eigenvalue weighted by molar-refractivity contribution is 5.61. The van der Waals surface area contributed by atoms with E-state index in [2.05, 4.69) is 53.2 Å².